The van der Waals surface area contributed by atoms with Crippen LogP contribution in [0.4, 0.5) is 16.2 Å². The fourth-order valence-electron chi connectivity index (χ4n) is 3.25. The minimum atomic E-state index is -0.528. The van der Waals surface area contributed by atoms with Crippen LogP contribution in [0.15, 0.2) is 66.9 Å². The van der Waals surface area contributed by atoms with Gasteiger partial charge in [-0.2, -0.15) is 0 Å². The van der Waals surface area contributed by atoms with Crippen LogP contribution < -0.4 is 22.1 Å². The highest BCUT2D eigenvalue weighted by Crippen LogP contribution is 2.37. The molecule has 0 aliphatic heterocycles. The highest BCUT2D eigenvalue weighted by molar-refractivity contribution is 6.05. The lowest BCUT2D eigenvalue weighted by Crippen LogP contribution is -2.23. The number of carbonyl (C=O) groups excluding carboxylic acids is 2. The molecule has 3 aromatic rings. The molecule has 1 aliphatic rings. The summed E-state index contributed by atoms with van der Waals surface area (Å²) < 4.78 is 5.24. The number of pyridine rings is 1. The van der Waals surface area contributed by atoms with E-state index in [2.05, 4.69) is 15.6 Å². The zero-order valence-corrected chi connectivity index (χ0v) is 17.5. The van der Waals surface area contributed by atoms with E-state index in [1.807, 2.05) is 12.1 Å². The van der Waals surface area contributed by atoms with Crippen molar-refractivity contribution in [3.63, 3.8) is 0 Å². The Labute approximate surface area is 186 Å². The smallest absolute Gasteiger partial charge is 0.407 e. The number of nitrogens with one attached hydrogen (secondary N) is 2. The van der Waals surface area contributed by atoms with Gasteiger partial charge in [-0.3, -0.25) is 9.78 Å². The number of anilines is 2. The summed E-state index contributed by atoms with van der Waals surface area (Å²) in [5, 5.41) is 5.47. The lowest BCUT2D eigenvalue weighted by molar-refractivity contribution is 0.102. The maximum atomic E-state index is 12.4. The van der Waals surface area contributed by atoms with Crippen molar-refractivity contribution in [3.05, 3.63) is 89.2 Å². The summed E-state index contributed by atoms with van der Waals surface area (Å²) in [7, 11) is 0. The van der Waals surface area contributed by atoms with Gasteiger partial charge < -0.3 is 26.8 Å². The van der Waals surface area contributed by atoms with Crippen molar-refractivity contribution in [1.29, 1.82) is 0 Å². The first kappa shape index (κ1) is 21.3. The van der Waals surface area contributed by atoms with E-state index in [4.69, 9.17) is 16.2 Å². The van der Waals surface area contributed by atoms with Crippen LogP contribution in [-0.2, 0) is 17.9 Å². The summed E-state index contributed by atoms with van der Waals surface area (Å²) in [6.07, 6.45) is 2.15. The number of nitrogen functional groups attached to an aromatic ring is 1. The third-order valence-corrected chi connectivity index (χ3v) is 5.30. The maximum absolute atomic E-state index is 12.4. The van der Waals surface area contributed by atoms with Gasteiger partial charge in [0.15, 0.2) is 0 Å². The van der Waals surface area contributed by atoms with Gasteiger partial charge in [0.1, 0.15) is 6.61 Å². The quantitative estimate of drug-likeness (QED) is 0.425. The van der Waals surface area contributed by atoms with Crippen LogP contribution in [0.5, 0.6) is 0 Å². The predicted molar refractivity (Wildman–Crippen MR) is 122 cm³/mol. The molecule has 4 rings (SSSR count). The maximum Gasteiger partial charge on any atom is 0.407 e. The average molecular weight is 431 g/mol. The molecule has 8 nitrogen and oxygen atoms in total. The summed E-state index contributed by atoms with van der Waals surface area (Å²) in [5.41, 5.74) is 15.9. The van der Waals surface area contributed by atoms with Crippen molar-refractivity contribution in [2.24, 2.45) is 5.73 Å². The fourth-order valence-corrected chi connectivity index (χ4v) is 3.25. The van der Waals surface area contributed by atoms with Crippen molar-refractivity contribution in [1.82, 2.24) is 10.3 Å². The second-order valence-electron chi connectivity index (χ2n) is 7.77. The molecule has 0 saturated heterocycles. The van der Waals surface area contributed by atoms with E-state index in [9.17, 15) is 9.59 Å². The Morgan fingerprint density at radius 2 is 1.75 bits per heavy atom. The number of aromatic nitrogens is 1. The molecule has 1 unspecified atom stereocenters. The first-order valence-electron chi connectivity index (χ1n) is 10.4. The molecule has 0 spiro atoms. The highest BCUT2D eigenvalue weighted by Gasteiger charge is 2.35. The topological polar surface area (TPSA) is 132 Å². The number of hydrogen-bond donors (Lipinski definition) is 4. The molecule has 1 aromatic heterocycles. The third kappa shape index (κ3) is 5.41. The third-order valence-electron chi connectivity index (χ3n) is 5.30. The van der Waals surface area contributed by atoms with Crippen LogP contribution in [0.3, 0.4) is 0 Å². The predicted octanol–water partition coefficient (Wildman–Crippen LogP) is 3.16. The molecule has 1 saturated carbocycles. The van der Waals surface area contributed by atoms with Gasteiger partial charge in [0.2, 0.25) is 0 Å². The van der Waals surface area contributed by atoms with E-state index in [1.54, 1.807) is 54.7 Å². The minimum Gasteiger partial charge on any atom is -0.445 e. The zero-order chi connectivity index (χ0) is 22.5. The number of ether oxygens (including phenoxy) is 1. The van der Waals surface area contributed by atoms with Crippen LogP contribution in [0.1, 0.15) is 39.5 Å². The van der Waals surface area contributed by atoms with E-state index in [1.165, 1.54) is 0 Å². The van der Waals surface area contributed by atoms with Gasteiger partial charge in [0.25, 0.3) is 5.91 Å². The molecule has 2 atom stereocenters. The number of rotatable bonds is 7. The first-order chi connectivity index (χ1) is 15.5. The molecule has 0 bridgehead atoms. The van der Waals surface area contributed by atoms with Crippen molar-refractivity contribution in [2.45, 2.75) is 31.5 Å². The van der Waals surface area contributed by atoms with E-state index in [-0.39, 0.29) is 25.1 Å². The number of carbonyl (C=O) groups is 2. The fraction of sp³-hybridized carbons (Fsp3) is 0.208. The molecule has 1 heterocycles. The van der Waals surface area contributed by atoms with Crippen LogP contribution in [0.25, 0.3) is 0 Å². The van der Waals surface area contributed by atoms with Crippen molar-refractivity contribution in [3.8, 4) is 0 Å². The molecule has 0 radical (unpaired) electrons. The van der Waals surface area contributed by atoms with Crippen LogP contribution >= 0.6 is 0 Å². The lowest BCUT2D eigenvalue weighted by Gasteiger charge is -2.09. The summed E-state index contributed by atoms with van der Waals surface area (Å²) in [6, 6.07) is 18.0. The monoisotopic (exact) mass is 431 g/mol. The Balaban J connectivity index is 1.22. The Hall–Kier alpha value is -3.91. The molecule has 2 amide bonds. The van der Waals surface area contributed by atoms with Gasteiger partial charge in [-0.25, -0.2) is 4.79 Å². The molecule has 1 fully saturated rings. The number of benzene rings is 2. The van der Waals surface area contributed by atoms with Gasteiger partial charge in [0, 0.05) is 41.5 Å². The Morgan fingerprint density at radius 1 is 1.03 bits per heavy atom. The van der Waals surface area contributed by atoms with Crippen molar-refractivity contribution in [2.75, 3.05) is 11.1 Å². The Kier molecular flexibility index (Phi) is 6.32. The number of para-hydroxylation sites is 2. The van der Waals surface area contributed by atoms with Crippen molar-refractivity contribution < 1.29 is 14.3 Å². The van der Waals surface area contributed by atoms with Gasteiger partial charge in [-0.05, 0) is 42.3 Å². The number of alkyl carbamates (subject to hydrolysis) is 1. The molecule has 164 valence electrons. The number of nitrogens with two attached hydrogens (primary N) is 2. The Bertz CT molecular complexity index is 1100. The number of hydrogen-bond acceptors (Lipinski definition) is 6. The second-order valence-corrected chi connectivity index (χ2v) is 7.77. The van der Waals surface area contributed by atoms with Gasteiger partial charge in [0.05, 0.1) is 11.4 Å². The van der Waals surface area contributed by atoms with E-state index in [0.717, 1.165) is 23.2 Å². The standard InChI is InChI=1S/C24H25N5O3/c25-19-3-1-2-4-22(19)29-23(30)17-8-5-15(6-9-17)12-28-24(31)32-14-16-7-10-21(27-13-16)18-11-20(18)26/h1-10,13,18,20H,11-12,14,25-26H2,(H,28,31)(H,29,30)/t18?,20-/m0/s1. The largest absolute Gasteiger partial charge is 0.445 e. The molecule has 1 aliphatic carbocycles. The summed E-state index contributed by atoms with van der Waals surface area (Å²) in [4.78, 5) is 28.7. The van der Waals surface area contributed by atoms with Gasteiger partial charge in [-0.1, -0.05) is 30.3 Å². The molecule has 6 N–H and O–H groups in total. The molecule has 2 aromatic carbocycles. The molecule has 32 heavy (non-hydrogen) atoms. The second kappa shape index (κ2) is 9.49. The van der Waals surface area contributed by atoms with Gasteiger partial charge in [-0.15, -0.1) is 0 Å². The van der Waals surface area contributed by atoms with Crippen molar-refractivity contribution >= 4 is 23.4 Å². The number of nitrogens with zero attached hydrogens (tertiary/aromatic N) is 1. The van der Waals surface area contributed by atoms with Crippen LogP contribution in [0, 0.1) is 0 Å². The average Bonchev–Trinajstić information content (AvgIpc) is 3.55. The normalized spacial score (nSPS) is 16.8. The van der Waals surface area contributed by atoms with Gasteiger partial charge >= 0.3 is 6.09 Å². The minimum absolute atomic E-state index is 0.136. The lowest BCUT2D eigenvalue weighted by atomic mass is 10.1. The molecular weight excluding hydrogens is 406 g/mol. The summed E-state index contributed by atoms with van der Waals surface area (Å²) in [5.74, 6) is 0.0901. The van der Waals surface area contributed by atoms with Crippen LogP contribution in [0.2, 0.25) is 0 Å². The molecule has 8 heteroatoms. The van der Waals surface area contributed by atoms with E-state index in [0.29, 0.717) is 22.9 Å². The number of amides is 2. The highest BCUT2D eigenvalue weighted by atomic mass is 16.5. The van der Waals surface area contributed by atoms with E-state index < -0.39 is 6.09 Å². The Morgan fingerprint density at radius 3 is 2.41 bits per heavy atom. The zero-order valence-electron chi connectivity index (χ0n) is 17.5. The SMILES string of the molecule is Nc1ccccc1NC(=O)c1ccc(CNC(=O)OCc2ccc(C3C[C@@H]3N)nc2)cc1. The molecular formula is C24H25N5O3. The first-order valence-corrected chi connectivity index (χ1v) is 10.4. The summed E-state index contributed by atoms with van der Waals surface area (Å²) >= 11 is 0. The van der Waals surface area contributed by atoms with Crippen LogP contribution in [-0.4, -0.2) is 23.0 Å². The van der Waals surface area contributed by atoms with E-state index >= 15 is 0 Å². The summed E-state index contributed by atoms with van der Waals surface area (Å²) in [6.45, 7) is 0.417.